The fraction of sp³-hybridized carbons (Fsp3) is 0.893. The first-order valence-electron chi connectivity index (χ1n) is 27.4. The minimum atomic E-state index is -0.775. The van der Waals surface area contributed by atoms with Gasteiger partial charge in [-0.15, -0.1) is 0 Å². The summed E-state index contributed by atoms with van der Waals surface area (Å²) in [5.74, 6) is -0.593. The molecule has 5 nitrogen and oxygen atoms in total. The van der Waals surface area contributed by atoms with Crippen LogP contribution in [0.2, 0.25) is 0 Å². The van der Waals surface area contributed by atoms with Crippen molar-refractivity contribution in [1.29, 1.82) is 0 Å². The van der Waals surface area contributed by atoms with Crippen molar-refractivity contribution in [2.45, 2.75) is 309 Å². The van der Waals surface area contributed by atoms with Gasteiger partial charge in [-0.3, -0.25) is 9.59 Å². The van der Waals surface area contributed by atoms with Gasteiger partial charge in [0.1, 0.15) is 6.61 Å². The van der Waals surface area contributed by atoms with Crippen molar-refractivity contribution in [3.05, 3.63) is 24.3 Å². The molecule has 0 saturated heterocycles. The van der Waals surface area contributed by atoms with Crippen LogP contribution in [0.1, 0.15) is 303 Å². The predicted molar refractivity (Wildman–Crippen MR) is 265 cm³/mol. The molecule has 0 aromatic heterocycles. The van der Waals surface area contributed by atoms with Crippen LogP contribution in [0.4, 0.5) is 0 Å². The van der Waals surface area contributed by atoms with Crippen LogP contribution in [-0.2, 0) is 19.1 Å². The Balaban J connectivity index is 3.37. The van der Waals surface area contributed by atoms with E-state index in [4.69, 9.17) is 9.47 Å². The van der Waals surface area contributed by atoms with Crippen molar-refractivity contribution in [1.82, 2.24) is 0 Å². The van der Waals surface area contributed by atoms with E-state index >= 15 is 0 Å². The summed E-state index contributed by atoms with van der Waals surface area (Å²) >= 11 is 0. The second-order valence-electron chi connectivity index (χ2n) is 18.7. The number of rotatable bonds is 51. The van der Waals surface area contributed by atoms with Gasteiger partial charge >= 0.3 is 11.9 Å². The fourth-order valence-corrected chi connectivity index (χ4v) is 8.34. The number of hydrogen-bond acceptors (Lipinski definition) is 5. The topological polar surface area (TPSA) is 72.8 Å². The molecule has 0 fully saturated rings. The van der Waals surface area contributed by atoms with E-state index in [-0.39, 0.29) is 25.2 Å². The molecule has 0 bridgehead atoms. The van der Waals surface area contributed by atoms with Crippen LogP contribution in [0.5, 0.6) is 0 Å². The van der Waals surface area contributed by atoms with Crippen LogP contribution < -0.4 is 0 Å². The fourth-order valence-electron chi connectivity index (χ4n) is 8.34. The molecular formula is C56H106O5. The average molecular weight is 859 g/mol. The molecule has 360 valence electrons. The molecule has 0 saturated carbocycles. The lowest BCUT2D eigenvalue weighted by molar-refractivity contribution is -0.161. The molecule has 0 aliphatic carbocycles. The number of allylic oxidation sites excluding steroid dienone is 4. The van der Waals surface area contributed by atoms with E-state index in [1.54, 1.807) is 0 Å². The number of carbonyl (C=O) groups is 2. The van der Waals surface area contributed by atoms with Gasteiger partial charge in [0, 0.05) is 12.8 Å². The lowest BCUT2D eigenvalue weighted by Crippen LogP contribution is -2.28. The summed E-state index contributed by atoms with van der Waals surface area (Å²) in [6.45, 7) is 4.12. The molecule has 5 heteroatoms. The van der Waals surface area contributed by atoms with Crippen LogP contribution in [0.3, 0.4) is 0 Å². The molecule has 0 amide bonds. The monoisotopic (exact) mass is 859 g/mol. The molecule has 0 radical (unpaired) electrons. The van der Waals surface area contributed by atoms with Crippen molar-refractivity contribution in [2.75, 3.05) is 13.2 Å². The van der Waals surface area contributed by atoms with Crippen molar-refractivity contribution >= 4 is 11.9 Å². The SMILES string of the molecule is CCCC/C=C\C/C=C\CCCCCCCC(=O)OC(CO)COC(=O)CCCCCCCCCCCCCCCCCCCCCCCCCCCCCCCCCCC. The lowest BCUT2D eigenvalue weighted by atomic mass is 10.0. The first-order valence-corrected chi connectivity index (χ1v) is 27.4. The summed E-state index contributed by atoms with van der Waals surface area (Å²) in [4.78, 5) is 24.4. The van der Waals surface area contributed by atoms with Gasteiger partial charge in [0.2, 0.25) is 0 Å². The van der Waals surface area contributed by atoms with Crippen LogP contribution in [-0.4, -0.2) is 36.4 Å². The smallest absolute Gasteiger partial charge is 0.306 e. The normalized spacial score (nSPS) is 12.2. The minimum Gasteiger partial charge on any atom is -0.462 e. The van der Waals surface area contributed by atoms with E-state index in [1.807, 2.05) is 0 Å². The van der Waals surface area contributed by atoms with Crippen LogP contribution >= 0.6 is 0 Å². The Labute approximate surface area is 381 Å². The molecule has 0 spiro atoms. The third kappa shape index (κ3) is 50.9. The van der Waals surface area contributed by atoms with Gasteiger partial charge in [-0.2, -0.15) is 0 Å². The number of aliphatic hydroxyl groups is 1. The van der Waals surface area contributed by atoms with E-state index in [1.165, 1.54) is 225 Å². The molecule has 0 aromatic rings. The number of carbonyl (C=O) groups excluding carboxylic acids is 2. The Hall–Kier alpha value is -1.62. The van der Waals surface area contributed by atoms with Crippen molar-refractivity contribution in [3.63, 3.8) is 0 Å². The van der Waals surface area contributed by atoms with Crippen molar-refractivity contribution in [2.24, 2.45) is 0 Å². The Morgan fingerprint density at radius 1 is 0.377 bits per heavy atom. The van der Waals surface area contributed by atoms with Gasteiger partial charge in [0.25, 0.3) is 0 Å². The van der Waals surface area contributed by atoms with Gasteiger partial charge in [0.05, 0.1) is 6.61 Å². The van der Waals surface area contributed by atoms with Gasteiger partial charge < -0.3 is 14.6 Å². The third-order valence-electron chi connectivity index (χ3n) is 12.5. The number of unbranched alkanes of at least 4 members (excludes halogenated alkanes) is 39. The molecule has 61 heavy (non-hydrogen) atoms. The zero-order chi connectivity index (χ0) is 44.2. The number of aliphatic hydroxyl groups excluding tert-OH is 1. The van der Waals surface area contributed by atoms with E-state index in [2.05, 4.69) is 38.2 Å². The molecule has 0 aliphatic heterocycles. The highest BCUT2D eigenvalue weighted by Crippen LogP contribution is 2.18. The Morgan fingerprint density at radius 3 is 1.02 bits per heavy atom. The predicted octanol–water partition coefficient (Wildman–Crippen LogP) is 18.1. The maximum atomic E-state index is 12.2. The summed E-state index contributed by atoms with van der Waals surface area (Å²) in [6.07, 6.45) is 66.0. The third-order valence-corrected chi connectivity index (χ3v) is 12.5. The standard InChI is InChI=1S/C56H106O5/c1-3-5-7-9-11-13-15-17-19-20-21-22-23-24-25-26-27-28-29-30-31-32-33-34-35-36-37-39-40-42-44-46-48-50-55(58)60-53-54(52-57)61-56(59)51-49-47-45-43-41-38-18-16-14-12-10-8-6-4-2/h10,12,16,18,54,57H,3-9,11,13-15,17,19-53H2,1-2H3/b12-10-,18-16-. The van der Waals surface area contributed by atoms with E-state index in [9.17, 15) is 14.7 Å². The molecule has 0 heterocycles. The van der Waals surface area contributed by atoms with Gasteiger partial charge in [-0.05, 0) is 38.5 Å². The molecule has 1 atom stereocenters. The summed E-state index contributed by atoms with van der Waals surface area (Å²) in [7, 11) is 0. The number of ether oxygens (including phenoxy) is 2. The summed E-state index contributed by atoms with van der Waals surface area (Å²) in [5, 5.41) is 9.61. The number of esters is 2. The van der Waals surface area contributed by atoms with Crippen LogP contribution in [0, 0.1) is 0 Å². The average Bonchev–Trinajstić information content (AvgIpc) is 3.26. The highest BCUT2D eigenvalue weighted by atomic mass is 16.6. The van der Waals surface area contributed by atoms with E-state index in [0.29, 0.717) is 12.8 Å². The summed E-state index contributed by atoms with van der Waals surface area (Å²) < 4.78 is 10.7. The zero-order valence-electron chi connectivity index (χ0n) is 41.2. The highest BCUT2D eigenvalue weighted by Gasteiger charge is 2.16. The van der Waals surface area contributed by atoms with Crippen LogP contribution in [0.25, 0.3) is 0 Å². The minimum absolute atomic E-state index is 0.0667. The highest BCUT2D eigenvalue weighted by molar-refractivity contribution is 5.70. The largest absolute Gasteiger partial charge is 0.462 e. The second kappa shape index (κ2) is 52.7. The van der Waals surface area contributed by atoms with Gasteiger partial charge in [-0.1, -0.05) is 276 Å². The summed E-state index contributed by atoms with van der Waals surface area (Å²) in [6, 6.07) is 0. The van der Waals surface area contributed by atoms with Crippen molar-refractivity contribution < 1.29 is 24.2 Å². The maximum absolute atomic E-state index is 12.2. The molecule has 1 N–H and O–H groups in total. The zero-order valence-corrected chi connectivity index (χ0v) is 41.2. The Morgan fingerprint density at radius 2 is 0.672 bits per heavy atom. The quantitative estimate of drug-likeness (QED) is 0.0375. The molecular weight excluding hydrogens is 753 g/mol. The Kier molecular flexibility index (Phi) is 51.3. The van der Waals surface area contributed by atoms with Crippen molar-refractivity contribution in [3.8, 4) is 0 Å². The first-order chi connectivity index (χ1) is 30.1. The maximum Gasteiger partial charge on any atom is 0.306 e. The van der Waals surface area contributed by atoms with E-state index in [0.717, 1.165) is 51.4 Å². The second-order valence-corrected chi connectivity index (χ2v) is 18.7. The van der Waals surface area contributed by atoms with E-state index < -0.39 is 6.10 Å². The molecule has 0 rings (SSSR count). The first kappa shape index (κ1) is 59.4. The van der Waals surface area contributed by atoms with Gasteiger partial charge in [-0.25, -0.2) is 0 Å². The van der Waals surface area contributed by atoms with Gasteiger partial charge in [0.15, 0.2) is 6.10 Å². The molecule has 1 unspecified atom stereocenters. The lowest BCUT2D eigenvalue weighted by Gasteiger charge is -2.15. The van der Waals surface area contributed by atoms with Crippen LogP contribution in [0.15, 0.2) is 24.3 Å². The molecule has 0 aliphatic rings. The Bertz CT molecular complexity index is 928. The molecule has 0 aromatic carbocycles. The summed E-state index contributed by atoms with van der Waals surface area (Å²) in [5.41, 5.74) is 0. The number of hydrogen-bond donors (Lipinski definition) is 1.